The van der Waals surface area contributed by atoms with Crippen LogP contribution >= 0.6 is 0 Å². The Morgan fingerprint density at radius 3 is 2.72 bits per heavy atom. The molecule has 2 rings (SSSR count). The molecule has 102 valence electrons. The number of rotatable bonds is 4. The lowest BCUT2D eigenvalue weighted by Crippen LogP contribution is -2.46. The van der Waals surface area contributed by atoms with E-state index in [1.54, 1.807) is 11.0 Å². The maximum Gasteiger partial charge on any atom is 0.143 e. The van der Waals surface area contributed by atoms with Crippen molar-refractivity contribution in [3.8, 4) is 0 Å². The molecule has 2 heterocycles. The van der Waals surface area contributed by atoms with Crippen LogP contribution in [0.2, 0.25) is 0 Å². The van der Waals surface area contributed by atoms with E-state index in [1.807, 2.05) is 0 Å². The average Bonchev–Trinajstić information content (AvgIpc) is 2.75. The second kappa shape index (κ2) is 5.77. The first kappa shape index (κ1) is 13.5. The minimum atomic E-state index is 0.0823. The van der Waals surface area contributed by atoms with Gasteiger partial charge >= 0.3 is 0 Å². The predicted molar refractivity (Wildman–Crippen MR) is 67.1 cm³/mol. The zero-order valence-corrected chi connectivity index (χ0v) is 11.3. The quantitative estimate of drug-likeness (QED) is 0.844. The van der Waals surface area contributed by atoms with Gasteiger partial charge in [-0.2, -0.15) is 5.10 Å². The molecule has 1 aliphatic rings. The zero-order valence-electron chi connectivity index (χ0n) is 11.3. The summed E-state index contributed by atoms with van der Waals surface area (Å²) < 4.78 is 7.51. The standard InChI is InChI=1S/C12H22N4O2/c1-9-6-15(7-10(2)18-9)11(3)12-13-8-14-16(12)4-5-17/h8-11,17H,4-7H2,1-3H3/t9-,10+,11?. The van der Waals surface area contributed by atoms with Crippen LogP contribution in [0.15, 0.2) is 6.33 Å². The molecule has 0 aliphatic carbocycles. The van der Waals surface area contributed by atoms with Gasteiger partial charge in [-0.25, -0.2) is 9.67 Å². The van der Waals surface area contributed by atoms with Crippen LogP contribution in [0.1, 0.15) is 32.6 Å². The van der Waals surface area contributed by atoms with Gasteiger partial charge in [0.25, 0.3) is 0 Å². The van der Waals surface area contributed by atoms with Crippen LogP contribution in [-0.4, -0.2) is 56.7 Å². The van der Waals surface area contributed by atoms with E-state index in [2.05, 4.69) is 35.8 Å². The van der Waals surface area contributed by atoms with Crippen molar-refractivity contribution in [1.82, 2.24) is 19.7 Å². The van der Waals surface area contributed by atoms with Crippen molar-refractivity contribution in [3.05, 3.63) is 12.2 Å². The summed E-state index contributed by atoms with van der Waals surface area (Å²) >= 11 is 0. The van der Waals surface area contributed by atoms with E-state index in [1.165, 1.54) is 0 Å². The lowest BCUT2D eigenvalue weighted by atomic mass is 10.1. The molecule has 1 fully saturated rings. The lowest BCUT2D eigenvalue weighted by Gasteiger charge is -2.38. The summed E-state index contributed by atoms with van der Waals surface area (Å²) in [6, 6.07) is 0.188. The first-order chi connectivity index (χ1) is 8.61. The molecule has 18 heavy (non-hydrogen) atoms. The van der Waals surface area contributed by atoms with Crippen LogP contribution in [0.25, 0.3) is 0 Å². The van der Waals surface area contributed by atoms with E-state index < -0.39 is 0 Å². The first-order valence-corrected chi connectivity index (χ1v) is 6.50. The molecule has 3 atom stereocenters. The maximum absolute atomic E-state index is 9.02. The molecule has 0 aromatic carbocycles. The molecule has 1 aromatic rings. The van der Waals surface area contributed by atoms with Crippen LogP contribution < -0.4 is 0 Å². The summed E-state index contributed by atoms with van der Waals surface area (Å²) in [6.07, 6.45) is 2.03. The van der Waals surface area contributed by atoms with Gasteiger partial charge in [-0.05, 0) is 20.8 Å². The van der Waals surface area contributed by atoms with Crippen molar-refractivity contribution in [2.75, 3.05) is 19.7 Å². The molecule has 0 spiro atoms. The van der Waals surface area contributed by atoms with Gasteiger partial charge in [0.1, 0.15) is 12.2 Å². The molecule has 1 unspecified atom stereocenters. The predicted octanol–water partition coefficient (Wildman–Crippen LogP) is 0.441. The molecular formula is C12H22N4O2. The van der Waals surface area contributed by atoms with Crippen molar-refractivity contribution in [3.63, 3.8) is 0 Å². The van der Waals surface area contributed by atoms with E-state index in [4.69, 9.17) is 9.84 Å². The van der Waals surface area contributed by atoms with Crippen LogP contribution in [0, 0.1) is 0 Å². The average molecular weight is 254 g/mol. The normalized spacial score (nSPS) is 27.3. The molecule has 1 aliphatic heterocycles. The van der Waals surface area contributed by atoms with Crippen LogP contribution in [0.4, 0.5) is 0 Å². The van der Waals surface area contributed by atoms with Crippen molar-refractivity contribution >= 4 is 0 Å². The van der Waals surface area contributed by atoms with E-state index in [0.29, 0.717) is 6.54 Å². The van der Waals surface area contributed by atoms with Gasteiger partial charge < -0.3 is 9.84 Å². The Hall–Kier alpha value is -0.980. The Kier molecular flexibility index (Phi) is 4.31. The van der Waals surface area contributed by atoms with Crippen LogP contribution in [-0.2, 0) is 11.3 Å². The minimum Gasteiger partial charge on any atom is -0.394 e. The fraction of sp³-hybridized carbons (Fsp3) is 0.833. The van der Waals surface area contributed by atoms with E-state index in [9.17, 15) is 0 Å². The minimum absolute atomic E-state index is 0.0823. The smallest absolute Gasteiger partial charge is 0.143 e. The SMILES string of the molecule is CC(c1ncnn1CCO)N1C[C@@H](C)O[C@@H](C)C1. The number of aliphatic hydroxyl groups excluding tert-OH is 1. The summed E-state index contributed by atoms with van der Waals surface area (Å²) in [4.78, 5) is 6.68. The topological polar surface area (TPSA) is 63.4 Å². The summed E-state index contributed by atoms with van der Waals surface area (Å²) in [5.74, 6) is 0.908. The molecule has 0 amide bonds. The molecule has 6 heteroatoms. The van der Waals surface area contributed by atoms with E-state index >= 15 is 0 Å². The third-order valence-electron chi connectivity index (χ3n) is 3.33. The Bertz CT molecular complexity index is 372. The fourth-order valence-corrected chi connectivity index (χ4v) is 2.56. The fourth-order valence-electron chi connectivity index (χ4n) is 2.56. The molecular weight excluding hydrogens is 232 g/mol. The zero-order chi connectivity index (χ0) is 13.1. The number of aliphatic hydroxyl groups is 1. The van der Waals surface area contributed by atoms with Gasteiger partial charge in [-0.1, -0.05) is 0 Å². The van der Waals surface area contributed by atoms with Gasteiger partial charge in [0.05, 0.1) is 31.4 Å². The number of nitrogens with zero attached hydrogens (tertiary/aromatic N) is 4. The van der Waals surface area contributed by atoms with Crippen molar-refractivity contribution in [2.45, 2.75) is 45.6 Å². The number of aromatic nitrogens is 3. The van der Waals surface area contributed by atoms with Crippen molar-refractivity contribution in [1.29, 1.82) is 0 Å². The third-order valence-corrected chi connectivity index (χ3v) is 3.33. The molecule has 6 nitrogen and oxygen atoms in total. The summed E-state index contributed by atoms with van der Waals surface area (Å²) in [5.41, 5.74) is 0. The number of hydrogen-bond acceptors (Lipinski definition) is 5. The van der Waals surface area contributed by atoms with Gasteiger partial charge in [0, 0.05) is 13.1 Å². The van der Waals surface area contributed by atoms with Crippen LogP contribution in [0.3, 0.4) is 0 Å². The van der Waals surface area contributed by atoms with Crippen molar-refractivity contribution < 1.29 is 9.84 Å². The summed E-state index contributed by atoms with van der Waals surface area (Å²) in [7, 11) is 0. The highest BCUT2D eigenvalue weighted by atomic mass is 16.5. The molecule has 0 saturated carbocycles. The number of hydrogen-bond donors (Lipinski definition) is 1. The molecule has 0 radical (unpaired) electrons. The number of ether oxygens (including phenoxy) is 1. The Morgan fingerprint density at radius 2 is 2.11 bits per heavy atom. The third kappa shape index (κ3) is 2.88. The lowest BCUT2D eigenvalue weighted by molar-refractivity contribution is -0.0802. The van der Waals surface area contributed by atoms with Crippen molar-refractivity contribution in [2.24, 2.45) is 0 Å². The monoisotopic (exact) mass is 254 g/mol. The molecule has 0 bridgehead atoms. The highest BCUT2D eigenvalue weighted by Gasteiger charge is 2.28. The molecule has 1 N–H and O–H groups in total. The Morgan fingerprint density at radius 1 is 1.44 bits per heavy atom. The van der Waals surface area contributed by atoms with Gasteiger partial charge in [-0.15, -0.1) is 0 Å². The highest BCUT2D eigenvalue weighted by molar-refractivity contribution is 4.95. The second-order valence-corrected chi connectivity index (χ2v) is 4.95. The van der Waals surface area contributed by atoms with Gasteiger partial charge in [0.15, 0.2) is 0 Å². The van der Waals surface area contributed by atoms with Gasteiger partial charge in [0.2, 0.25) is 0 Å². The Balaban J connectivity index is 2.09. The highest BCUT2D eigenvalue weighted by Crippen LogP contribution is 2.22. The van der Waals surface area contributed by atoms with Crippen LogP contribution in [0.5, 0.6) is 0 Å². The molecule has 1 aromatic heterocycles. The maximum atomic E-state index is 9.02. The second-order valence-electron chi connectivity index (χ2n) is 4.95. The van der Waals surface area contributed by atoms with E-state index in [-0.39, 0.29) is 24.9 Å². The van der Waals surface area contributed by atoms with Gasteiger partial charge in [-0.3, -0.25) is 4.90 Å². The summed E-state index contributed by atoms with van der Waals surface area (Å²) in [5, 5.41) is 13.2. The van der Waals surface area contributed by atoms with E-state index in [0.717, 1.165) is 18.9 Å². The number of morpholine rings is 1. The largest absolute Gasteiger partial charge is 0.394 e. The Labute approximate surface area is 108 Å². The molecule has 1 saturated heterocycles. The first-order valence-electron chi connectivity index (χ1n) is 6.50. The summed E-state index contributed by atoms with van der Waals surface area (Å²) in [6.45, 7) is 8.69.